The fraction of sp³-hybridized carbons (Fsp3) is 0.471. The highest BCUT2D eigenvalue weighted by Gasteiger charge is 2.15. The number of aryl methyl sites for hydroxylation is 2. The Balaban J connectivity index is 1.68. The summed E-state index contributed by atoms with van der Waals surface area (Å²) in [7, 11) is 2.21. The summed E-state index contributed by atoms with van der Waals surface area (Å²) >= 11 is 0. The second kappa shape index (κ2) is 5.90. The molecule has 106 valence electrons. The van der Waals surface area contributed by atoms with Gasteiger partial charge in [0, 0.05) is 37.3 Å². The number of fused-ring (bicyclic) bond motifs is 1. The molecule has 0 bridgehead atoms. The first-order valence-electron chi connectivity index (χ1n) is 7.48. The van der Waals surface area contributed by atoms with Crippen molar-refractivity contribution in [1.82, 2.24) is 15.2 Å². The van der Waals surface area contributed by atoms with Gasteiger partial charge in [0.15, 0.2) is 0 Å². The minimum absolute atomic E-state index is 0.625. The van der Waals surface area contributed by atoms with Gasteiger partial charge in [0.1, 0.15) is 0 Å². The molecule has 0 radical (unpaired) electrons. The highest BCUT2D eigenvalue weighted by molar-refractivity contribution is 5.79. The van der Waals surface area contributed by atoms with E-state index in [1.165, 1.54) is 22.9 Å². The lowest BCUT2D eigenvalue weighted by Crippen LogP contribution is -2.49. The zero-order valence-electron chi connectivity index (χ0n) is 12.4. The smallest absolute Gasteiger partial charge is 0.0702 e. The maximum atomic E-state index is 4.46. The molecule has 1 aliphatic heterocycles. The van der Waals surface area contributed by atoms with Gasteiger partial charge in [-0.2, -0.15) is 0 Å². The first kappa shape index (κ1) is 13.5. The van der Waals surface area contributed by atoms with Crippen molar-refractivity contribution in [2.24, 2.45) is 0 Å². The molecule has 1 atom stereocenters. The van der Waals surface area contributed by atoms with E-state index in [1.54, 1.807) is 0 Å². The van der Waals surface area contributed by atoms with E-state index < -0.39 is 0 Å². The molecule has 2 heterocycles. The third-order valence-corrected chi connectivity index (χ3v) is 4.12. The monoisotopic (exact) mass is 269 g/mol. The van der Waals surface area contributed by atoms with E-state index in [0.29, 0.717) is 6.04 Å². The molecule has 1 fully saturated rings. The molecule has 3 heteroatoms. The van der Waals surface area contributed by atoms with Crippen LogP contribution < -0.4 is 5.32 Å². The minimum atomic E-state index is 0.625. The number of hydrogen-bond donors (Lipinski definition) is 1. The third-order valence-electron chi connectivity index (χ3n) is 4.12. The van der Waals surface area contributed by atoms with Crippen LogP contribution >= 0.6 is 0 Å². The lowest BCUT2D eigenvalue weighted by atomic mass is 10.0. The number of piperazine rings is 1. The van der Waals surface area contributed by atoms with Crippen molar-refractivity contribution in [3.8, 4) is 0 Å². The van der Waals surface area contributed by atoms with Crippen molar-refractivity contribution in [2.45, 2.75) is 25.8 Å². The highest BCUT2D eigenvalue weighted by Crippen LogP contribution is 2.17. The summed E-state index contributed by atoms with van der Waals surface area (Å²) in [4.78, 5) is 6.87. The Hall–Kier alpha value is -1.45. The molecule has 0 amide bonds. The van der Waals surface area contributed by atoms with E-state index in [-0.39, 0.29) is 0 Å². The average molecular weight is 269 g/mol. The highest BCUT2D eigenvalue weighted by atomic mass is 15.2. The Morgan fingerprint density at radius 1 is 1.35 bits per heavy atom. The number of pyridine rings is 1. The van der Waals surface area contributed by atoms with Gasteiger partial charge < -0.3 is 10.2 Å². The van der Waals surface area contributed by atoms with Crippen LogP contribution in [-0.4, -0.2) is 42.6 Å². The number of likely N-dealkylation sites (N-methyl/N-ethyl adjacent to an activating group) is 1. The van der Waals surface area contributed by atoms with Crippen molar-refractivity contribution in [1.29, 1.82) is 0 Å². The number of hydrogen-bond acceptors (Lipinski definition) is 3. The standard InChI is InChI=1S/C17H23N3/c1-13-9-15-10-14(4-6-17(15)19-11-13)3-5-16-12-20(2)8-7-18-16/h4,6,9-11,16,18H,3,5,7-8,12H2,1-2H3. The molecular weight excluding hydrogens is 246 g/mol. The molecular formula is C17H23N3. The summed E-state index contributed by atoms with van der Waals surface area (Å²) in [5.74, 6) is 0. The normalized spacial score (nSPS) is 20.4. The quantitative estimate of drug-likeness (QED) is 0.927. The van der Waals surface area contributed by atoms with E-state index >= 15 is 0 Å². The largest absolute Gasteiger partial charge is 0.311 e. The van der Waals surface area contributed by atoms with Crippen LogP contribution in [0, 0.1) is 6.92 Å². The van der Waals surface area contributed by atoms with E-state index in [9.17, 15) is 0 Å². The van der Waals surface area contributed by atoms with Crippen molar-refractivity contribution in [3.05, 3.63) is 41.6 Å². The lowest BCUT2D eigenvalue weighted by Gasteiger charge is -2.30. The molecule has 1 N–H and O–H groups in total. The number of nitrogens with one attached hydrogen (secondary N) is 1. The number of rotatable bonds is 3. The predicted molar refractivity (Wildman–Crippen MR) is 84.1 cm³/mol. The number of aromatic nitrogens is 1. The van der Waals surface area contributed by atoms with E-state index in [1.807, 2.05) is 6.20 Å². The number of benzene rings is 1. The van der Waals surface area contributed by atoms with Gasteiger partial charge in [0.25, 0.3) is 0 Å². The molecule has 1 aliphatic rings. The summed E-state index contributed by atoms with van der Waals surface area (Å²) < 4.78 is 0. The van der Waals surface area contributed by atoms with Gasteiger partial charge in [-0.15, -0.1) is 0 Å². The van der Waals surface area contributed by atoms with Crippen molar-refractivity contribution in [2.75, 3.05) is 26.7 Å². The van der Waals surface area contributed by atoms with Gasteiger partial charge in [-0.3, -0.25) is 4.98 Å². The third kappa shape index (κ3) is 3.17. The van der Waals surface area contributed by atoms with E-state index in [0.717, 1.165) is 31.6 Å². The number of nitrogens with zero attached hydrogens (tertiary/aromatic N) is 2. The zero-order chi connectivity index (χ0) is 13.9. The molecule has 1 saturated heterocycles. The molecule has 20 heavy (non-hydrogen) atoms. The topological polar surface area (TPSA) is 28.2 Å². The molecule has 1 unspecified atom stereocenters. The fourth-order valence-electron chi connectivity index (χ4n) is 2.97. The molecule has 0 aliphatic carbocycles. The van der Waals surface area contributed by atoms with Gasteiger partial charge in [0.05, 0.1) is 5.52 Å². The van der Waals surface area contributed by atoms with Crippen molar-refractivity contribution in [3.63, 3.8) is 0 Å². The first-order valence-corrected chi connectivity index (χ1v) is 7.48. The van der Waals surface area contributed by atoms with E-state index in [2.05, 4.69) is 53.4 Å². The van der Waals surface area contributed by atoms with Gasteiger partial charge in [-0.1, -0.05) is 6.07 Å². The van der Waals surface area contributed by atoms with Crippen LogP contribution in [0.15, 0.2) is 30.5 Å². The van der Waals surface area contributed by atoms with Crippen molar-refractivity contribution < 1.29 is 0 Å². The Morgan fingerprint density at radius 3 is 3.10 bits per heavy atom. The van der Waals surface area contributed by atoms with Crippen LogP contribution in [0.4, 0.5) is 0 Å². The minimum Gasteiger partial charge on any atom is -0.311 e. The molecule has 2 aromatic rings. The summed E-state index contributed by atoms with van der Waals surface area (Å²) in [5, 5.41) is 4.87. The van der Waals surface area contributed by atoms with Crippen LogP contribution in [0.2, 0.25) is 0 Å². The zero-order valence-corrected chi connectivity index (χ0v) is 12.4. The summed E-state index contributed by atoms with van der Waals surface area (Å²) in [5.41, 5.74) is 3.74. The first-order chi connectivity index (χ1) is 9.70. The summed E-state index contributed by atoms with van der Waals surface area (Å²) in [6.07, 6.45) is 4.27. The maximum absolute atomic E-state index is 4.46. The van der Waals surface area contributed by atoms with Gasteiger partial charge >= 0.3 is 0 Å². The molecule has 3 nitrogen and oxygen atoms in total. The van der Waals surface area contributed by atoms with Crippen LogP contribution in [0.1, 0.15) is 17.5 Å². The lowest BCUT2D eigenvalue weighted by molar-refractivity contribution is 0.232. The second-order valence-electron chi connectivity index (χ2n) is 5.99. The Bertz CT molecular complexity index is 594. The van der Waals surface area contributed by atoms with Crippen LogP contribution in [-0.2, 0) is 6.42 Å². The predicted octanol–water partition coefficient (Wildman–Crippen LogP) is 2.38. The van der Waals surface area contributed by atoms with Crippen LogP contribution in [0.5, 0.6) is 0 Å². The van der Waals surface area contributed by atoms with Crippen molar-refractivity contribution >= 4 is 10.9 Å². The SMILES string of the molecule is Cc1cnc2ccc(CCC3CN(C)CCN3)cc2c1. The molecule has 0 spiro atoms. The van der Waals surface area contributed by atoms with Gasteiger partial charge in [-0.25, -0.2) is 0 Å². The molecule has 1 aromatic carbocycles. The Morgan fingerprint density at radius 2 is 2.25 bits per heavy atom. The van der Waals surface area contributed by atoms with Gasteiger partial charge in [-0.05, 0) is 56.1 Å². The molecule has 0 saturated carbocycles. The second-order valence-corrected chi connectivity index (χ2v) is 5.99. The Kier molecular flexibility index (Phi) is 3.99. The van der Waals surface area contributed by atoms with Crippen LogP contribution in [0.25, 0.3) is 10.9 Å². The molecule has 3 rings (SSSR count). The maximum Gasteiger partial charge on any atom is 0.0702 e. The summed E-state index contributed by atoms with van der Waals surface area (Å²) in [6, 6.07) is 9.50. The van der Waals surface area contributed by atoms with Crippen LogP contribution in [0.3, 0.4) is 0 Å². The summed E-state index contributed by atoms with van der Waals surface area (Å²) in [6.45, 7) is 5.54. The Labute approximate surface area is 121 Å². The fourth-order valence-corrected chi connectivity index (χ4v) is 2.97. The molecule has 1 aromatic heterocycles. The average Bonchev–Trinajstić information content (AvgIpc) is 2.45. The van der Waals surface area contributed by atoms with Gasteiger partial charge in [0.2, 0.25) is 0 Å². The van der Waals surface area contributed by atoms with E-state index in [4.69, 9.17) is 0 Å².